The van der Waals surface area contributed by atoms with Crippen LogP contribution in [-0.4, -0.2) is 10.4 Å². The van der Waals surface area contributed by atoms with E-state index < -0.39 is 0 Å². The third-order valence-corrected chi connectivity index (χ3v) is 2.91. The second-order valence-corrected chi connectivity index (χ2v) is 5.29. The highest BCUT2D eigenvalue weighted by molar-refractivity contribution is 5.87. The molecule has 0 N–H and O–H groups in total. The monoisotopic (exact) mass is 233 g/mol. The molecule has 0 bridgehead atoms. The molecule has 0 unspecified atom stereocenters. The molecule has 0 atom stereocenters. The molecular formula is C14H16FNO. The quantitative estimate of drug-likeness (QED) is 0.779. The van der Waals surface area contributed by atoms with Crippen molar-refractivity contribution in [1.82, 2.24) is 4.57 Å². The molecule has 1 aromatic carbocycles. The zero-order valence-corrected chi connectivity index (χ0v) is 10.3. The summed E-state index contributed by atoms with van der Waals surface area (Å²) >= 11 is 0. The third-order valence-electron chi connectivity index (χ3n) is 2.91. The topological polar surface area (TPSA) is 22.0 Å². The largest absolute Gasteiger partial charge is 0.340 e. The summed E-state index contributed by atoms with van der Waals surface area (Å²) in [4.78, 5) is 11.9. The van der Waals surface area contributed by atoms with Crippen LogP contribution in [0.4, 0.5) is 4.39 Å². The van der Waals surface area contributed by atoms with Gasteiger partial charge in [0.25, 0.3) is 0 Å². The summed E-state index contributed by atoms with van der Waals surface area (Å²) in [5.74, 6) is -0.108. The Morgan fingerprint density at radius 3 is 2.65 bits per heavy atom. The summed E-state index contributed by atoms with van der Waals surface area (Å²) in [6, 6.07) is 6.63. The van der Waals surface area contributed by atoms with Crippen LogP contribution >= 0.6 is 0 Å². The maximum atomic E-state index is 13.5. The van der Waals surface area contributed by atoms with Crippen molar-refractivity contribution < 1.29 is 9.18 Å². The average molecular weight is 233 g/mol. The molecule has 0 aliphatic carbocycles. The number of hydrogen-bond donors (Lipinski definition) is 0. The minimum atomic E-state index is -0.371. The van der Waals surface area contributed by atoms with Crippen LogP contribution in [0, 0.1) is 11.2 Å². The number of carbonyl (C=O) groups excluding carboxylic acids is 1. The first-order chi connectivity index (χ1) is 7.89. The predicted molar refractivity (Wildman–Crippen MR) is 66.4 cm³/mol. The number of halogens is 1. The number of nitrogens with zero attached hydrogens (tertiary/aromatic N) is 1. The number of benzene rings is 1. The maximum Gasteiger partial charge on any atom is 0.157 e. The fraction of sp³-hybridized carbons (Fsp3) is 0.357. The Hall–Kier alpha value is -1.64. The van der Waals surface area contributed by atoms with E-state index in [9.17, 15) is 9.18 Å². The second-order valence-electron chi connectivity index (χ2n) is 5.29. The Bertz CT molecular complexity index is 563. The van der Waals surface area contributed by atoms with Gasteiger partial charge in [0.1, 0.15) is 5.82 Å². The number of ketones is 1. The molecule has 0 saturated carbocycles. The molecule has 0 aliphatic rings. The Morgan fingerprint density at radius 2 is 2.00 bits per heavy atom. The molecule has 1 heterocycles. The van der Waals surface area contributed by atoms with Gasteiger partial charge in [-0.15, -0.1) is 0 Å². The first-order valence-corrected chi connectivity index (χ1v) is 5.66. The lowest BCUT2D eigenvalue weighted by atomic mass is 9.91. The summed E-state index contributed by atoms with van der Waals surface area (Å²) in [5.41, 5.74) is 0.395. The van der Waals surface area contributed by atoms with Crippen molar-refractivity contribution in [2.24, 2.45) is 5.41 Å². The van der Waals surface area contributed by atoms with Crippen LogP contribution < -0.4 is 0 Å². The van der Waals surface area contributed by atoms with E-state index in [4.69, 9.17) is 0 Å². The highest BCUT2D eigenvalue weighted by atomic mass is 19.1. The van der Waals surface area contributed by atoms with Crippen molar-refractivity contribution in [3.05, 3.63) is 36.3 Å². The average Bonchev–Trinajstić information content (AvgIpc) is 2.62. The molecule has 3 heteroatoms. The lowest BCUT2D eigenvalue weighted by molar-refractivity contribution is -0.126. The van der Waals surface area contributed by atoms with Gasteiger partial charge in [0.2, 0.25) is 0 Å². The zero-order valence-electron chi connectivity index (χ0n) is 10.3. The molecule has 17 heavy (non-hydrogen) atoms. The van der Waals surface area contributed by atoms with Crippen molar-refractivity contribution in [1.29, 1.82) is 0 Å². The van der Waals surface area contributed by atoms with Crippen molar-refractivity contribution in [2.75, 3.05) is 0 Å². The molecule has 90 valence electrons. The molecule has 0 amide bonds. The van der Waals surface area contributed by atoms with E-state index in [0.717, 1.165) is 5.52 Å². The second kappa shape index (κ2) is 3.99. The van der Waals surface area contributed by atoms with Crippen LogP contribution in [0.2, 0.25) is 0 Å². The normalized spacial score (nSPS) is 12.0. The number of rotatable bonds is 2. The highest BCUT2D eigenvalue weighted by Crippen LogP contribution is 2.21. The van der Waals surface area contributed by atoms with Gasteiger partial charge in [-0.2, -0.15) is 0 Å². The molecule has 0 spiro atoms. The third kappa shape index (κ3) is 2.23. The van der Waals surface area contributed by atoms with Gasteiger partial charge < -0.3 is 4.57 Å². The minimum absolute atomic E-state index is 0.138. The van der Waals surface area contributed by atoms with Crippen LogP contribution in [0.3, 0.4) is 0 Å². The van der Waals surface area contributed by atoms with E-state index in [1.807, 2.05) is 26.8 Å². The van der Waals surface area contributed by atoms with Gasteiger partial charge in [0.05, 0.1) is 12.1 Å². The Balaban J connectivity index is 2.38. The van der Waals surface area contributed by atoms with Crippen molar-refractivity contribution in [3.63, 3.8) is 0 Å². The standard InChI is InChI=1S/C14H16FNO/c1-14(2,3)13(17)9-16-8-7-10-11(15)5-4-6-12(10)16/h4-8H,9H2,1-3H3. The molecular weight excluding hydrogens is 217 g/mol. The van der Waals surface area contributed by atoms with E-state index in [1.165, 1.54) is 6.07 Å². The summed E-state index contributed by atoms with van der Waals surface area (Å²) in [6.45, 7) is 5.96. The Kier molecular flexibility index (Phi) is 2.77. The SMILES string of the molecule is CC(C)(C)C(=O)Cn1ccc2c(F)cccc21. The van der Waals surface area contributed by atoms with Gasteiger partial charge >= 0.3 is 0 Å². The lowest BCUT2D eigenvalue weighted by Gasteiger charge is -2.17. The van der Waals surface area contributed by atoms with Crippen molar-refractivity contribution in [2.45, 2.75) is 27.3 Å². The predicted octanol–water partition coefficient (Wildman–Crippen LogP) is 3.40. The fourth-order valence-electron chi connectivity index (χ4n) is 1.72. The first-order valence-electron chi connectivity index (χ1n) is 5.66. The van der Waals surface area contributed by atoms with Crippen LogP contribution in [0.5, 0.6) is 0 Å². The van der Waals surface area contributed by atoms with Gasteiger partial charge in [-0.05, 0) is 18.2 Å². The van der Waals surface area contributed by atoms with E-state index in [1.54, 1.807) is 22.9 Å². The summed E-state index contributed by atoms with van der Waals surface area (Å²) in [6.07, 6.45) is 1.76. The Labute approximate surface area is 100 Å². The number of aromatic nitrogens is 1. The minimum Gasteiger partial charge on any atom is -0.340 e. The fourth-order valence-corrected chi connectivity index (χ4v) is 1.72. The number of Topliss-reactive ketones (excluding diaryl/α,β-unsaturated/α-hetero) is 1. The molecule has 0 saturated heterocycles. The molecule has 0 radical (unpaired) electrons. The summed E-state index contributed by atoms with van der Waals surface area (Å²) < 4.78 is 15.3. The van der Waals surface area contributed by atoms with Gasteiger partial charge in [-0.25, -0.2) is 4.39 Å². The lowest BCUT2D eigenvalue weighted by Crippen LogP contribution is -2.24. The van der Waals surface area contributed by atoms with Gasteiger partial charge in [-0.1, -0.05) is 26.8 Å². The van der Waals surface area contributed by atoms with Crippen LogP contribution in [0.1, 0.15) is 20.8 Å². The molecule has 2 nitrogen and oxygen atoms in total. The molecule has 2 aromatic rings. The summed E-state index contributed by atoms with van der Waals surface area (Å²) in [5, 5.41) is 0.564. The van der Waals surface area contributed by atoms with E-state index >= 15 is 0 Å². The van der Waals surface area contributed by atoms with Gasteiger partial charge in [-0.3, -0.25) is 4.79 Å². The first kappa shape index (κ1) is 11.8. The van der Waals surface area contributed by atoms with Crippen LogP contribution in [-0.2, 0) is 11.3 Å². The zero-order chi connectivity index (χ0) is 12.6. The van der Waals surface area contributed by atoms with Crippen LogP contribution in [0.15, 0.2) is 30.5 Å². The molecule has 0 fully saturated rings. The van der Waals surface area contributed by atoms with Crippen molar-refractivity contribution >= 4 is 16.7 Å². The van der Waals surface area contributed by atoms with Crippen LogP contribution in [0.25, 0.3) is 10.9 Å². The highest BCUT2D eigenvalue weighted by Gasteiger charge is 2.21. The number of hydrogen-bond acceptors (Lipinski definition) is 1. The Morgan fingerprint density at radius 1 is 1.29 bits per heavy atom. The van der Waals surface area contributed by atoms with Gasteiger partial charge in [0, 0.05) is 17.0 Å². The summed E-state index contributed by atoms with van der Waals surface area (Å²) in [7, 11) is 0. The van der Waals surface area contributed by atoms with E-state index in [0.29, 0.717) is 5.39 Å². The molecule has 1 aromatic heterocycles. The molecule has 0 aliphatic heterocycles. The number of carbonyl (C=O) groups is 1. The van der Waals surface area contributed by atoms with E-state index in [2.05, 4.69) is 0 Å². The van der Waals surface area contributed by atoms with E-state index in [-0.39, 0.29) is 23.6 Å². The number of fused-ring (bicyclic) bond motifs is 1. The molecule has 2 rings (SSSR count). The maximum absolute atomic E-state index is 13.5. The van der Waals surface area contributed by atoms with Gasteiger partial charge in [0.15, 0.2) is 5.78 Å². The smallest absolute Gasteiger partial charge is 0.157 e. The van der Waals surface area contributed by atoms with Crippen molar-refractivity contribution in [3.8, 4) is 0 Å².